The highest BCUT2D eigenvalue weighted by molar-refractivity contribution is 8.01. The molecular formula is C5H4N4OS2. The molecule has 7 heteroatoms. The number of thioether (sulfide) groups is 1. The zero-order valence-corrected chi connectivity index (χ0v) is 7.48. The second kappa shape index (κ2) is 2.91. The Bertz CT molecular complexity index is 311. The van der Waals surface area contributed by atoms with E-state index in [4.69, 9.17) is 12.2 Å². The number of carbonyl (C=O) groups is 1. The molecule has 0 aromatic carbocycles. The minimum Gasteiger partial charge on any atom is -0.337 e. The number of amidine groups is 1. The maximum Gasteiger partial charge on any atom is 0.241 e. The molecule has 0 aliphatic carbocycles. The molecule has 2 aliphatic rings. The van der Waals surface area contributed by atoms with E-state index in [-0.39, 0.29) is 16.4 Å². The number of azo groups is 1. The average Bonchev–Trinajstić information content (AvgIpc) is 2.58. The molecular weight excluding hydrogens is 196 g/mol. The van der Waals surface area contributed by atoms with Crippen molar-refractivity contribution in [1.29, 1.82) is 0 Å². The second-order valence-corrected chi connectivity index (χ2v) is 3.67. The van der Waals surface area contributed by atoms with E-state index in [1.165, 1.54) is 11.8 Å². The van der Waals surface area contributed by atoms with E-state index in [0.717, 1.165) is 0 Å². The van der Waals surface area contributed by atoms with E-state index in [1.54, 1.807) is 0 Å². The van der Waals surface area contributed by atoms with Crippen molar-refractivity contribution in [2.45, 2.75) is 5.37 Å². The number of carbonyl (C=O) groups excluding carboxylic acids is 1. The van der Waals surface area contributed by atoms with Crippen LogP contribution in [0.4, 0.5) is 0 Å². The Labute approximate surface area is 77.7 Å². The lowest BCUT2D eigenvalue weighted by molar-refractivity contribution is -0.117. The molecule has 1 unspecified atom stereocenters. The molecule has 12 heavy (non-hydrogen) atoms. The molecule has 0 radical (unpaired) electrons. The first-order valence-corrected chi connectivity index (χ1v) is 4.66. The summed E-state index contributed by atoms with van der Waals surface area (Å²) < 4.78 is 0. The van der Waals surface area contributed by atoms with Crippen LogP contribution in [0.25, 0.3) is 0 Å². The number of nitrogens with zero attached hydrogens (tertiary/aromatic N) is 3. The molecule has 5 nitrogen and oxygen atoms in total. The fraction of sp³-hybridized carbons (Fsp3) is 0.400. The first kappa shape index (κ1) is 7.81. The van der Waals surface area contributed by atoms with Gasteiger partial charge in [-0.05, 0) is 12.2 Å². The van der Waals surface area contributed by atoms with Crippen LogP contribution in [0.3, 0.4) is 0 Å². The zero-order chi connectivity index (χ0) is 8.55. The predicted octanol–water partition coefficient (Wildman–Crippen LogP) is 0.325. The molecule has 0 aromatic rings. The summed E-state index contributed by atoms with van der Waals surface area (Å²) >= 11 is 6.14. The monoisotopic (exact) mass is 200 g/mol. The van der Waals surface area contributed by atoms with E-state index in [1.807, 2.05) is 0 Å². The van der Waals surface area contributed by atoms with Gasteiger partial charge in [0, 0.05) is 0 Å². The molecule has 1 amide bonds. The Hall–Kier alpha value is -0.820. The third-order valence-corrected chi connectivity index (χ3v) is 2.62. The number of rotatable bonds is 1. The maximum absolute atomic E-state index is 10.8. The van der Waals surface area contributed by atoms with Crippen LogP contribution in [-0.4, -0.2) is 28.0 Å². The van der Waals surface area contributed by atoms with Gasteiger partial charge in [0.2, 0.25) is 11.0 Å². The van der Waals surface area contributed by atoms with Gasteiger partial charge in [0.1, 0.15) is 5.37 Å². The van der Waals surface area contributed by atoms with Crippen LogP contribution in [0, 0.1) is 0 Å². The largest absolute Gasteiger partial charge is 0.337 e. The number of hydrogen-bond acceptors (Lipinski definition) is 4. The van der Waals surface area contributed by atoms with E-state index in [2.05, 4.69) is 20.5 Å². The molecule has 2 rings (SSSR count). The second-order valence-electron chi connectivity index (χ2n) is 2.21. The van der Waals surface area contributed by atoms with E-state index >= 15 is 0 Å². The van der Waals surface area contributed by atoms with Crippen molar-refractivity contribution in [1.82, 2.24) is 5.32 Å². The first-order chi connectivity index (χ1) is 5.75. The molecule has 1 atom stereocenters. The molecule has 2 aliphatic heterocycles. The predicted molar refractivity (Wildman–Crippen MR) is 49.3 cm³/mol. The molecule has 2 heterocycles. The lowest BCUT2D eigenvalue weighted by Crippen LogP contribution is -2.30. The number of amides is 1. The highest BCUT2D eigenvalue weighted by atomic mass is 32.2. The van der Waals surface area contributed by atoms with Gasteiger partial charge in [-0.15, -0.1) is 22.0 Å². The first-order valence-electron chi connectivity index (χ1n) is 3.21. The summed E-state index contributed by atoms with van der Waals surface area (Å²) in [6.45, 7) is 0. The summed E-state index contributed by atoms with van der Waals surface area (Å²) in [5.74, 6) is 0.947. The fourth-order valence-electron chi connectivity index (χ4n) is 0.875. The van der Waals surface area contributed by atoms with Gasteiger partial charge in [-0.1, -0.05) is 0 Å². The topological polar surface area (TPSA) is 66.2 Å². The summed E-state index contributed by atoms with van der Waals surface area (Å²) in [6, 6.07) is 0. The molecule has 1 fully saturated rings. The lowest BCUT2D eigenvalue weighted by Gasteiger charge is -2.02. The molecule has 1 N–H and O–H groups in total. The van der Waals surface area contributed by atoms with Crippen LogP contribution in [0.15, 0.2) is 15.2 Å². The zero-order valence-electron chi connectivity index (χ0n) is 5.85. The van der Waals surface area contributed by atoms with Gasteiger partial charge in [0.05, 0.1) is 5.75 Å². The van der Waals surface area contributed by atoms with Gasteiger partial charge in [-0.2, -0.15) is 4.99 Å². The van der Waals surface area contributed by atoms with Crippen LogP contribution in [0.5, 0.6) is 0 Å². The standard InChI is InChI=1S/C5H4N4OS2/c10-2-1-12-4(6-2)3-7-5(11)9-8-3/h4H,1H2,(H,6,10). The van der Waals surface area contributed by atoms with Crippen molar-refractivity contribution >= 4 is 40.8 Å². The van der Waals surface area contributed by atoms with Gasteiger partial charge in [-0.25, -0.2) is 0 Å². The molecule has 62 valence electrons. The van der Waals surface area contributed by atoms with Crippen molar-refractivity contribution in [2.24, 2.45) is 15.2 Å². The van der Waals surface area contributed by atoms with Gasteiger partial charge >= 0.3 is 0 Å². The SMILES string of the molecule is O=C1CSC(C2=NC(=S)N=N2)N1. The highest BCUT2D eigenvalue weighted by Gasteiger charge is 2.28. The minimum absolute atomic E-state index is 0.000665. The average molecular weight is 200 g/mol. The van der Waals surface area contributed by atoms with Gasteiger partial charge in [-0.3, -0.25) is 4.79 Å². The molecule has 0 bridgehead atoms. The summed E-state index contributed by atoms with van der Waals surface area (Å²) in [6.07, 6.45) is 0. The molecule has 0 aromatic heterocycles. The number of aliphatic imine (C=N–C) groups is 1. The smallest absolute Gasteiger partial charge is 0.241 e. The summed E-state index contributed by atoms with van der Waals surface area (Å²) in [5, 5.41) is 10.1. The van der Waals surface area contributed by atoms with E-state index in [9.17, 15) is 4.79 Å². The van der Waals surface area contributed by atoms with E-state index < -0.39 is 0 Å². The Morgan fingerprint density at radius 2 is 2.42 bits per heavy atom. The van der Waals surface area contributed by atoms with Gasteiger partial charge in [0.15, 0.2) is 5.84 Å². The highest BCUT2D eigenvalue weighted by Crippen LogP contribution is 2.19. The lowest BCUT2D eigenvalue weighted by atomic mass is 10.5. The Kier molecular flexibility index (Phi) is 1.89. The minimum atomic E-state index is -0.165. The Morgan fingerprint density at radius 1 is 1.58 bits per heavy atom. The summed E-state index contributed by atoms with van der Waals surface area (Å²) in [4.78, 5) is 14.7. The van der Waals surface area contributed by atoms with Crippen LogP contribution in [0.2, 0.25) is 0 Å². The maximum atomic E-state index is 10.8. The van der Waals surface area contributed by atoms with E-state index in [0.29, 0.717) is 11.6 Å². The molecule has 0 spiro atoms. The Morgan fingerprint density at radius 3 is 2.92 bits per heavy atom. The number of nitrogens with one attached hydrogen (secondary N) is 1. The van der Waals surface area contributed by atoms with Crippen molar-refractivity contribution in [2.75, 3.05) is 5.75 Å². The van der Waals surface area contributed by atoms with Crippen molar-refractivity contribution in [3.8, 4) is 0 Å². The van der Waals surface area contributed by atoms with Gasteiger partial charge in [0.25, 0.3) is 0 Å². The summed E-state index contributed by atoms with van der Waals surface area (Å²) in [7, 11) is 0. The number of hydrogen-bond donors (Lipinski definition) is 1. The van der Waals surface area contributed by atoms with Crippen LogP contribution < -0.4 is 5.32 Å². The third-order valence-electron chi connectivity index (χ3n) is 1.36. The normalized spacial score (nSPS) is 27.7. The van der Waals surface area contributed by atoms with Gasteiger partial charge < -0.3 is 5.32 Å². The van der Waals surface area contributed by atoms with Crippen molar-refractivity contribution < 1.29 is 4.79 Å². The third kappa shape index (κ3) is 1.37. The molecule has 0 saturated carbocycles. The fourth-order valence-corrected chi connectivity index (χ4v) is 1.87. The van der Waals surface area contributed by atoms with Crippen LogP contribution >= 0.6 is 24.0 Å². The Balaban J connectivity index is 2.12. The van der Waals surface area contributed by atoms with Crippen LogP contribution in [-0.2, 0) is 4.79 Å². The number of thiocarbonyl (C=S) groups is 1. The van der Waals surface area contributed by atoms with Crippen LogP contribution in [0.1, 0.15) is 0 Å². The van der Waals surface area contributed by atoms with Crippen molar-refractivity contribution in [3.63, 3.8) is 0 Å². The van der Waals surface area contributed by atoms with Crippen molar-refractivity contribution in [3.05, 3.63) is 0 Å². The summed E-state index contributed by atoms with van der Waals surface area (Å²) in [5.41, 5.74) is 0. The molecule has 1 saturated heterocycles. The quantitative estimate of drug-likeness (QED) is 0.620.